The molecular formula is C21H34N4OS. The van der Waals surface area contributed by atoms with Crippen LogP contribution in [0.5, 0.6) is 0 Å². The molecule has 2 unspecified atom stereocenters. The summed E-state index contributed by atoms with van der Waals surface area (Å²) in [6.07, 6.45) is 5.72. The van der Waals surface area contributed by atoms with Crippen molar-refractivity contribution in [2.24, 2.45) is 0 Å². The number of urea groups is 1. The number of hydrogen-bond acceptors (Lipinski definition) is 4. The largest absolute Gasteiger partial charge is 0.334 e. The van der Waals surface area contributed by atoms with E-state index in [9.17, 15) is 4.79 Å². The number of carbonyl (C=O) groups is 1. The van der Waals surface area contributed by atoms with E-state index in [0.29, 0.717) is 17.8 Å². The van der Waals surface area contributed by atoms with E-state index < -0.39 is 0 Å². The van der Waals surface area contributed by atoms with E-state index in [0.717, 1.165) is 44.7 Å². The first-order chi connectivity index (χ1) is 13.1. The molecule has 2 atom stereocenters. The zero-order chi connectivity index (χ0) is 19.2. The van der Waals surface area contributed by atoms with Gasteiger partial charge in [-0.15, -0.1) is 0 Å². The predicted octanol–water partition coefficient (Wildman–Crippen LogP) is 2.86. The van der Waals surface area contributed by atoms with Gasteiger partial charge in [0.05, 0.1) is 0 Å². The lowest BCUT2D eigenvalue weighted by Gasteiger charge is -2.32. The van der Waals surface area contributed by atoms with Crippen LogP contribution in [0, 0.1) is 0 Å². The van der Waals surface area contributed by atoms with Crippen molar-refractivity contribution < 1.29 is 4.79 Å². The number of hydrogen-bond donors (Lipinski definition) is 1. The van der Waals surface area contributed by atoms with Gasteiger partial charge in [0.15, 0.2) is 0 Å². The van der Waals surface area contributed by atoms with Gasteiger partial charge < -0.3 is 15.1 Å². The van der Waals surface area contributed by atoms with Crippen molar-refractivity contribution in [2.75, 3.05) is 46.5 Å². The highest BCUT2D eigenvalue weighted by atomic mass is 32.2. The number of amides is 2. The van der Waals surface area contributed by atoms with E-state index in [4.69, 9.17) is 0 Å². The maximum atomic E-state index is 12.5. The van der Waals surface area contributed by atoms with Crippen LogP contribution in [0.4, 0.5) is 4.79 Å². The summed E-state index contributed by atoms with van der Waals surface area (Å²) in [7, 11) is 4.12. The van der Waals surface area contributed by atoms with Gasteiger partial charge in [-0.3, -0.25) is 4.90 Å². The van der Waals surface area contributed by atoms with Crippen molar-refractivity contribution in [1.29, 1.82) is 0 Å². The second-order valence-electron chi connectivity index (χ2n) is 7.94. The van der Waals surface area contributed by atoms with E-state index in [1.54, 1.807) is 0 Å². The Balaban J connectivity index is 1.45. The maximum Gasteiger partial charge on any atom is 0.317 e. The minimum Gasteiger partial charge on any atom is -0.334 e. The fourth-order valence-electron chi connectivity index (χ4n) is 4.10. The number of likely N-dealkylation sites (N-methyl/N-ethyl adjacent to an activating group) is 1. The van der Waals surface area contributed by atoms with Crippen LogP contribution in [0.3, 0.4) is 0 Å². The minimum atomic E-state index is 0.0439. The Labute approximate surface area is 168 Å². The van der Waals surface area contributed by atoms with Gasteiger partial charge in [0.25, 0.3) is 0 Å². The molecule has 3 rings (SSSR count). The molecule has 27 heavy (non-hydrogen) atoms. The van der Waals surface area contributed by atoms with Crippen molar-refractivity contribution in [3.05, 3.63) is 35.4 Å². The van der Waals surface area contributed by atoms with Gasteiger partial charge in [0.2, 0.25) is 0 Å². The summed E-state index contributed by atoms with van der Waals surface area (Å²) in [5, 5.41) is 3.67. The molecule has 1 N–H and O–H groups in total. The van der Waals surface area contributed by atoms with Crippen molar-refractivity contribution in [2.45, 2.75) is 43.6 Å². The number of carbonyl (C=O) groups excluding carboxylic acids is 1. The highest BCUT2D eigenvalue weighted by molar-refractivity contribution is 7.99. The zero-order valence-electron chi connectivity index (χ0n) is 17.0. The van der Waals surface area contributed by atoms with Crippen LogP contribution in [0.2, 0.25) is 0 Å². The van der Waals surface area contributed by atoms with E-state index >= 15 is 0 Å². The van der Waals surface area contributed by atoms with E-state index in [1.807, 2.05) is 23.7 Å². The van der Waals surface area contributed by atoms with E-state index in [-0.39, 0.29) is 6.03 Å². The summed E-state index contributed by atoms with van der Waals surface area (Å²) in [5.41, 5.74) is 2.51. The van der Waals surface area contributed by atoms with Crippen LogP contribution < -0.4 is 5.32 Å². The maximum absolute atomic E-state index is 12.5. The minimum absolute atomic E-state index is 0.0439. The molecule has 1 saturated heterocycles. The van der Waals surface area contributed by atoms with Gasteiger partial charge in [-0.25, -0.2) is 4.79 Å². The molecule has 1 heterocycles. The molecule has 5 nitrogen and oxygen atoms in total. The molecule has 1 saturated carbocycles. The van der Waals surface area contributed by atoms with Crippen LogP contribution in [0.25, 0.3) is 0 Å². The van der Waals surface area contributed by atoms with Crippen molar-refractivity contribution in [3.8, 4) is 0 Å². The molecule has 1 aliphatic carbocycles. The summed E-state index contributed by atoms with van der Waals surface area (Å²) in [5.74, 6) is 0. The van der Waals surface area contributed by atoms with Gasteiger partial charge in [0.1, 0.15) is 0 Å². The molecule has 1 aliphatic heterocycles. The molecule has 1 aromatic rings. The number of rotatable bonds is 6. The lowest BCUT2D eigenvalue weighted by molar-refractivity contribution is 0.148. The summed E-state index contributed by atoms with van der Waals surface area (Å²) >= 11 is 1.89. The third-order valence-corrected chi connectivity index (χ3v) is 7.16. The van der Waals surface area contributed by atoms with Gasteiger partial charge in [-0.2, -0.15) is 11.8 Å². The monoisotopic (exact) mass is 390 g/mol. The first-order valence-electron chi connectivity index (χ1n) is 10.1. The predicted molar refractivity (Wildman–Crippen MR) is 114 cm³/mol. The Morgan fingerprint density at radius 3 is 2.48 bits per heavy atom. The number of thioether (sulfide) groups is 1. The van der Waals surface area contributed by atoms with Crippen molar-refractivity contribution in [1.82, 2.24) is 20.0 Å². The van der Waals surface area contributed by atoms with Gasteiger partial charge >= 0.3 is 6.03 Å². The lowest BCUT2D eigenvalue weighted by atomic mass is 10.1. The Kier molecular flexibility index (Phi) is 7.44. The summed E-state index contributed by atoms with van der Waals surface area (Å²) in [6.45, 7) is 6.18. The number of benzene rings is 1. The fourth-order valence-corrected chi connectivity index (χ4v) is 5.14. The van der Waals surface area contributed by atoms with E-state index in [1.165, 1.54) is 18.4 Å². The first kappa shape index (κ1) is 20.5. The summed E-state index contributed by atoms with van der Waals surface area (Å²) in [6, 6.07) is 9.10. The average molecular weight is 391 g/mol. The summed E-state index contributed by atoms with van der Waals surface area (Å²) < 4.78 is 0. The van der Waals surface area contributed by atoms with Crippen LogP contribution in [0.1, 0.15) is 30.4 Å². The molecule has 2 aliphatic rings. The normalized spacial score (nSPS) is 24.1. The standard InChI is InChI=1S/C21H34N4OS/c1-23-11-13-25(14-12-23)16-18-9-7-17(8-10-18)15-22-21(26)24(2)19-5-4-6-20(19)27-3/h7-10,19-20H,4-6,11-16H2,1-3H3,(H,22,26). The summed E-state index contributed by atoms with van der Waals surface area (Å²) in [4.78, 5) is 19.3. The molecule has 6 heteroatoms. The molecule has 0 radical (unpaired) electrons. The molecule has 0 spiro atoms. The second-order valence-corrected chi connectivity index (χ2v) is 9.01. The zero-order valence-corrected chi connectivity index (χ0v) is 17.8. The molecule has 0 aromatic heterocycles. The Hall–Kier alpha value is -1.24. The second kappa shape index (κ2) is 9.80. The third kappa shape index (κ3) is 5.62. The molecule has 1 aromatic carbocycles. The van der Waals surface area contributed by atoms with Crippen LogP contribution in [-0.2, 0) is 13.1 Å². The quantitative estimate of drug-likeness (QED) is 0.811. The smallest absolute Gasteiger partial charge is 0.317 e. The topological polar surface area (TPSA) is 38.8 Å². The first-order valence-corrected chi connectivity index (χ1v) is 11.4. The van der Waals surface area contributed by atoms with Gasteiger partial charge in [0, 0.05) is 57.6 Å². The molecule has 2 amide bonds. The third-order valence-electron chi connectivity index (χ3n) is 6.01. The van der Waals surface area contributed by atoms with Crippen LogP contribution >= 0.6 is 11.8 Å². The van der Waals surface area contributed by atoms with E-state index in [2.05, 4.69) is 52.7 Å². The average Bonchev–Trinajstić information content (AvgIpc) is 3.17. The van der Waals surface area contributed by atoms with Crippen molar-refractivity contribution >= 4 is 17.8 Å². The molecule has 150 valence electrons. The molecule has 2 fully saturated rings. The molecule has 0 bridgehead atoms. The lowest BCUT2D eigenvalue weighted by Crippen LogP contribution is -2.45. The highest BCUT2D eigenvalue weighted by Gasteiger charge is 2.31. The fraction of sp³-hybridized carbons (Fsp3) is 0.667. The Morgan fingerprint density at radius 1 is 1.15 bits per heavy atom. The van der Waals surface area contributed by atoms with Crippen LogP contribution in [-0.4, -0.2) is 78.6 Å². The van der Waals surface area contributed by atoms with Crippen LogP contribution in [0.15, 0.2) is 24.3 Å². The molecular weight excluding hydrogens is 356 g/mol. The van der Waals surface area contributed by atoms with Crippen molar-refractivity contribution in [3.63, 3.8) is 0 Å². The number of nitrogens with zero attached hydrogens (tertiary/aromatic N) is 3. The van der Waals surface area contributed by atoms with Gasteiger partial charge in [-0.1, -0.05) is 30.7 Å². The van der Waals surface area contributed by atoms with Gasteiger partial charge in [-0.05, 0) is 37.3 Å². The highest BCUT2D eigenvalue weighted by Crippen LogP contribution is 2.31. The number of nitrogens with one attached hydrogen (secondary N) is 1. The Bertz CT molecular complexity index is 601. The SMILES string of the molecule is CSC1CCCC1N(C)C(=O)NCc1ccc(CN2CCN(C)CC2)cc1. The number of piperazine rings is 1. The Morgan fingerprint density at radius 2 is 1.81 bits per heavy atom.